The van der Waals surface area contributed by atoms with Crippen molar-refractivity contribution in [2.45, 2.75) is 226 Å². The molecule has 27 heteroatoms. The zero-order valence-electron chi connectivity index (χ0n) is 56.5. The maximum Gasteiger partial charge on any atom is 0.197 e. The Balaban J connectivity index is 0.000000231. The predicted octanol–water partition coefficient (Wildman–Crippen LogP) is 23.9. The van der Waals surface area contributed by atoms with E-state index in [0.717, 1.165) is 125 Å². The quantitative estimate of drug-likeness (QED) is 0.0210. The lowest BCUT2D eigenvalue weighted by molar-refractivity contribution is -0.119. The third kappa shape index (κ3) is 34.7. The summed E-state index contributed by atoms with van der Waals surface area (Å²) in [6.45, 7) is 16.5. The van der Waals surface area contributed by atoms with Gasteiger partial charge in [-0.3, -0.25) is 0 Å². The van der Waals surface area contributed by atoms with E-state index < -0.39 is 0 Å². The third-order valence-corrected chi connectivity index (χ3v) is 26.0. The standard InChI is InChI=1S/2C22H32I2O4.C9H9I3O3.C9H10I2O3.C9H10I2O2/c1-15(25-17-9-5-3-6-10-17)27-21-13-20(24)22(14-19(21)23)28-16(2)26-18-11-7-4-8-12-18;1-15(25-17-9-5-3-6-10-17)27-19-13-20(23)22(21(24)14-19)28-16(2)26-18-11-7-4-8-12-18;1-2-14-4-15-6-3-5(10)9(13)8(12)7(6)11;1-2-13-5-14-6-3-7(10)9(12)8(11)4-6;1-2-12-6-13-9-7(10)4-3-5-8(9)11/h2*13-18H,3-12H2,1-2H3;3,13H,2,4H2,1H3;3-4,12H,2,5H2,1H3;3-5H,2,6H2,1H3. The van der Waals surface area contributed by atoms with Gasteiger partial charge in [0.25, 0.3) is 0 Å². The summed E-state index contributed by atoms with van der Waals surface area (Å²) >= 11 is 24.2. The maximum atomic E-state index is 9.68. The van der Waals surface area contributed by atoms with Crippen LogP contribution in [0.25, 0.3) is 0 Å². The van der Waals surface area contributed by atoms with Gasteiger partial charge >= 0.3 is 0 Å². The molecule has 0 saturated heterocycles. The molecule has 550 valence electrons. The molecular weight excluding hydrogens is 2500 g/mol. The Hall–Kier alpha value is 2.05. The monoisotopic (exact) mass is 2600 g/mol. The van der Waals surface area contributed by atoms with Gasteiger partial charge < -0.3 is 76.5 Å². The van der Waals surface area contributed by atoms with Crippen LogP contribution in [0.1, 0.15) is 177 Å². The first kappa shape index (κ1) is 90.7. The minimum Gasteiger partial charge on any atom is -0.506 e. The number of hydrogen-bond acceptors (Lipinski definition) is 16. The van der Waals surface area contributed by atoms with E-state index >= 15 is 0 Å². The van der Waals surface area contributed by atoms with Crippen molar-refractivity contribution in [1.82, 2.24) is 0 Å². The van der Waals surface area contributed by atoms with Gasteiger partial charge in [-0.15, -0.1) is 0 Å². The Morgan fingerprint density at radius 1 is 0.337 bits per heavy atom. The molecule has 16 nitrogen and oxygen atoms in total. The van der Waals surface area contributed by atoms with Crippen molar-refractivity contribution in [3.05, 3.63) is 99.9 Å². The molecule has 4 saturated carbocycles. The zero-order valence-corrected chi connectivity index (χ0v) is 80.3. The van der Waals surface area contributed by atoms with E-state index in [-0.39, 0.29) is 38.7 Å². The van der Waals surface area contributed by atoms with Crippen LogP contribution in [0.4, 0.5) is 0 Å². The molecule has 4 unspecified atom stereocenters. The van der Waals surface area contributed by atoms with Crippen LogP contribution in [-0.2, 0) is 33.2 Å². The normalized spacial score (nSPS) is 16.6. The van der Waals surface area contributed by atoms with Crippen LogP contribution in [0.3, 0.4) is 0 Å². The summed E-state index contributed by atoms with van der Waals surface area (Å²) in [4.78, 5) is 0. The summed E-state index contributed by atoms with van der Waals surface area (Å²) in [6.07, 6.45) is 25.0. The average molecular weight is 2600 g/mol. The Morgan fingerprint density at radius 2 is 0.673 bits per heavy atom. The highest BCUT2D eigenvalue weighted by atomic mass is 127. The Morgan fingerprint density at radius 3 is 1.07 bits per heavy atom. The number of phenols is 2. The summed E-state index contributed by atoms with van der Waals surface area (Å²) in [5.41, 5.74) is 0. The molecule has 0 amide bonds. The van der Waals surface area contributed by atoms with Gasteiger partial charge in [0.05, 0.1) is 63.7 Å². The molecule has 5 aromatic carbocycles. The predicted molar refractivity (Wildman–Crippen MR) is 479 cm³/mol. The van der Waals surface area contributed by atoms with Crippen LogP contribution in [0.2, 0.25) is 0 Å². The minimum absolute atomic E-state index is 0.240. The van der Waals surface area contributed by atoms with Crippen LogP contribution in [0, 0.1) is 39.3 Å². The smallest absolute Gasteiger partial charge is 0.197 e. The highest BCUT2D eigenvalue weighted by molar-refractivity contribution is 14.1. The second kappa shape index (κ2) is 51.4. The van der Waals surface area contributed by atoms with Crippen molar-refractivity contribution in [2.75, 3.05) is 40.2 Å². The first-order chi connectivity index (χ1) is 47.0. The van der Waals surface area contributed by atoms with Crippen LogP contribution >= 0.6 is 248 Å². The van der Waals surface area contributed by atoms with E-state index in [1.54, 1.807) is 18.2 Å². The number of para-hydroxylation sites is 1. The van der Waals surface area contributed by atoms with Crippen molar-refractivity contribution in [1.29, 1.82) is 0 Å². The zero-order chi connectivity index (χ0) is 71.5. The van der Waals surface area contributed by atoms with Crippen molar-refractivity contribution in [2.24, 2.45) is 0 Å². The number of aromatic hydroxyl groups is 2. The van der Waals surface area contributed by atoms with Gasteiger partial charge in [0.2, 0.25) is 0 Å². The van der Waals surface area contributed by atoms with Gasteiger partial charge in [-0.1, -0.05) is 83.1 Å². The molecule has 0 bridgehead atoms. The van der Waals surface area contributed by atoms with Gasteiger partial charge in [-0.05, 0) is 403 Å². The Bertz CT molecular complexity index is 2970. The van der Waals surface area contributed by atoms with Crippen LogP contribution in [0.15, 0.2) is 60.7 Å². The van der Waals surface area contributed by atoms with E-state index in [4.69, 9.17) is 66.3 Å². The van der Waals surface area contributed by atoms with E-state index in [0.29, 0.717) is 68.3 Å². The molecule has 0 radical (unpaired) electrons. The average Bonchev–Trinajstić information content (AvgIpc) is 0.860. The van der Waals surface area contributed by atoms with Gasteiger partial charge in [-0.2, -0.15) is 0 Å². The number of hydrogen-bond donors (Lipinski definition) is 2. The van der Waals surface area contributed by atoms with Gasteiger partial charge in [0.15, 0.2) is 45.5 Å². The lowest BCUT2D eigenvalue weighted by Crippen LogP contribution is -2.27. The fourth-order valence-corrected chi connectivity index (χ4v) is 19.4. The second-order valence-corrected chi connectivity index (χ2v) is 35.8. The molecule has 2 N–H and O–H groups in total. The summed E-state index contributed by atoms with van der Waals surface area (Å²) in [5, 5.41) is 19.2. The van der Waals surface area contributed by atoms with Crippen LogP contribution in [0.5, 0.6) is 51.7 Å². The molecule has 0 spiro atoms. The largest absolute Gasteiger partial charge is 0.506 e. The molecule has 0 heterocycles. The van der Waals surface area contributed by atoms with Crippen molar-refractivity contribution in [3.63, 3.8) is 0 Å². The highest BCUT2D eigenvalue weighted by Crippen LogP contribution is 2.39. The molecule has 4 atom stereocenters. The molecular formula is C71H93I11O16. The molecule has 0 aliphatic heterocycles. The summed E-state index contributed by atoms with van der Waals surface area (Å²) in [7, 11) is 0. The molecule has 4 aliphatic carbocycles. The molecule has 98 heavy (non-hydrogen) atoms. The Kier molecular flexibility index (Phi) is 47.6. The fourth-order valence-electron chi connectivity index (χ4n) is 10.6. The van der Waals surface area contributed by atoms with Crippen molar-refractivity contribution in [3.8, 4) is 51.7 Å². The van der Waals surface area contributed by atoms with Gasteiger partial charge in [0.1, 0.15) is 51.7 Å². The molecule has 0 aromatic heterocycles. The van der Waals surface area contributed by atoms with E-state index in [1.165, 1.54) is 77.0 Å². The molecule has 9 rings (SSSR count). The number of rotatable bonds is 28. The van der Waals surface area contributed by atoms with Gasteiger partial charge in [0, 0.05) is 19.8 Å². The van der Waals surface area contributed by atoms with Crippen molar-refractivity contribution < 1.29 is 76.5 Å². The topological polar surface area (TPSA) is 170 Å². The summed E-state index contributed by atoms with van der Waals surface area (Å²) in [6, 6.07) is 19.5. The Labute approximate surface area is 732 Å². The van der Waals surface area contributed by atoms with Crippen molar-refractivity contribution >= 4 is 248 Å². The molecule has 5 aromatic rings. The molecule has 4 aliphatic rings. The summed E-state index contributed by atoms with van der Waals surface area (Å²) < 4.78 is 90.6. The summed E-state index contributed by atoms with van der Waals surface area (Å²) in [5.74, 6) is 6.38. The molecule has 4 fully saturated rings. The second-order valence-electron chi connectivity index (χ2n) is 23.1. The fraction of sp³-hybridized carbons (Fsp3) is 0.577. The third-order valence-electron chi connectivity index (χ3n) is 15.4. The SMILES string of the molecule is CC(Oc1cc(I)c(OC(C)OC2CCCCC2)c(I)c1)OC1CCCCC1.CC(Oc1cc(I)c(OC(C)OC2CCCCC2)cc1I)OC1CCCCC1.CCOCOc1c(I)cccc1I.CCOCOc1cc(I)c(O)c(I)c1.CCOCOc1cc(I)c(O)c(I)c1I. The lowest BCUT2D eigenvalue weighted by atomic mass is 9.98. The highest BCUT2D eigenvalue weighted by Gasteiger charge is 2.25. The van der Waals surface area contributed by atoms with Crippen LogP contribution < -0.4 is 33.2 Å². The van der Waals surface area contributed by atoms with Crippen LogP contribution in [-0.4, -0.2) is 100.0 Å². The minimum atomic E-state index is -0.245. The van der Waals surface area contributed by atoms with E-state index in [2.05, 4.69) is 248 Å². The van der Waals surface area contributed by atoms with E-state index in [9.17, 15) is 10.2 Å². The van der Waals surface area contributed by atoms with Gasteiger partial charge in [-0.25, -0.2) is 0 Å². The maximum absolute atomic E-state index is 9.68. The first-order valence-corrected chi connectivity index (χ1v) is 45.2. The number of halogens is 11. The first-order valence-electron chi connectivity index (χ1n) is 33.4. The number of ether oxygens (including phenoxy) is 14. The number of benzene rings is 5. The number of phenolic OH excluding ortho intramolecular Hbond substituents is 2. The lowest BCUT2D eigenvalue weighted by Gasteiger charge is -2.27. The van der Waals surface area contributed by atoms with E-state index in [1.807, 2.05) is 90.9 Å².